The molecule has 0 radical (unpaired) electrons. The predicted molar refractivity (Wildman–Crippen MR) is 117 cm³/mol. The van der Waals surface area contributed by atoms with Gasteiger partial charge in [-0.25, -0.2) is 4.39 Å². The Labute approximate surface area is 176 Å². The lowest BCUT2D eigenvalue weighted by Gasteiger charge is -2.27. The highest BCUT2D eigenvalue weighted by atomic mass is 35.5. The molecule has 1 aliphatic rings. The van der Waals surface area contributed by atoms with Crippen molar-refractivity contribution in [3.8, 4) is 16.9 Å². The van der Waals surface area contributed by atoms with Crippen molar-refractivity contribution < 1.29 is 9.13 Å². The quantitative estimate of drug-likeness (QED) is 0.421. The first-order valence-electron chi connectivity index (χ1n) is 9.61. The Bertz CT molecular complexity index is 1230. The maximum atomic E-state index is 15.8. The van der Waals surface area contributed by atoms with Crippen LogP contribution < -0.4 is 9.64 Å². The smallest absolute Gasteiger partial charge is 0.159 e. The van der Waals surface area contributed by atoms with E-state index in [0.717, 1.165) is 47.2 Å². The number of anilines is 1. The number of aryl methyl sites for hydroxylation is 1. The maximum Gasteiger partial charge on any atom is 0.159 e. The van der Waals surface area contributed by atoms with E-state index in [0.29, 0.717) is 27.4 Å². The molecule has 0 amide bonds. The first-order chi connectivity index (χ1) is 14.1. The Morgan fingerprint density at radius 1 is 1.17 bits per heavy atom. The second kappa shape index (κ2) is 7.15. The summed E-state index contributed by atoms with van der Waals surface area (Å²) in [4.78, 5) is 2.30. The molecule has 0 bridgehead atoms. The minimum Gasteiger partial charge on any atom is -0.497 e. The number of methoxy groups -OCH3 is 1. The minimum atomic E-state index is -0.400. The monoisotopic (exact) mass is 430 g/mol. The number of rotatable bonds is 3. The summed E-state index contributed by atoms with van der Waals surface area (Å²) in [7, 11) is 3.42. The van der Waals surface area contributed by atoms with Gasteiger partial charge < -0.3 is 9.64 Å². The van der Waals surface area contributed by atoms with Crippen molar-refractivity contribution >= 4 is 49.9 Å². The lowest BCUT2D eigenvalue weighted by Crippen LogP contribution is -2.28. The van der Waals surface area contributed by atoms with Gasteiger partial charge in [0.1, 0.15) is 16.3 Å². The third kappa shape index (κ3) is 2.95. The number of aromatic nitrogens is 3. The van der Waals surface area contributed by atoms with E-state index in [1.807, 2.05) is 19.2 Å². The summed E-state index contributed by atoms with van der Waals surface area (Å²) >= 11 is 8.02. The zero-order valence-corrected chi connectivity index (χ0v) is 17.8. The molecule has 0 aliphatic carbocycles. The molecule has 0 spiro atoms. The number of benzene rings is 2. The van der Waals surface area contributed by atoms with E-state index in [9.17, 15) is 0 Å². The van der Waals surface area contributed by atoms with Gasteiger partial charge >= 0.3 is 0 Å². The zero-order valence-electron chi connectivity index (χ0n) is 16.2. The molecule has 1 saturated heterocycles. The lowest BCUT2D eigenvalue weighted by atomic mass is 10.00. The Balaban J connectivity index is 1.75. The van der Waals surface area contributed by atoms with Gasteiger partial charge in [0.05, 0.1) is 23.8 Å². The molecular weight excluding hydrogens is 411 g/mol. The van der Waals surface area contributed by atoms with Gasteiger partial charge in [0.15, 0.2) is 5.82 Å². The van der Waals surface area contributed by atoms with Gasteiger partial charge in [-0.2, -0.15) is 9.47 Å². The third-order valence-corrected chi connectivity index (χ3v) is 6.82. The average molecular weight is 431 g/mol. The number of ether oxygens (including phenoxy) is 1. The van der Waals surface area contributed by atoms with Crippen LogP contribution in [0.5, 0.6) is 5.75 Å². The Morgan fingerprint density at radius 2 is 1.97 bits per heavy atom. The van der Waals surface area contributed by atoms with E-state index in [1.54, 1.807) is 24.1 Å². The fraction of sp³-hybridized carbons (Fsp3) is 0.333. The minimum absolute atomic E-state index is 0.335. The molecule has 1 fully saturated rings. The summed E-state index contributed by atoms with van der Waals surface area (Å²) in [6.07, 6.45) is 5.28. The summed E-state index contributed by atoms with van der Waals surface area (Å²) in [5.74, 6) is 0.228. The van der Waals surface area contributed by atoms with Crippen LogP contribution in [-0.2, 0) is 7.05 Å². The molecule has 4 aromatic rings. The zero-order chi connectivity index (χ0) is 20.1. The van der Waals surface area contributed by atoms with Crippen LogP contribution in [0.4, 0.5) is 9.39 Å². The topological polar surface area (TPSA) is 43.2 Å². The highest BCUT2D eigenvalue weighted by molar-refractivity contribution is 7.11. The van der Waals surface area contributed by atoms with E-state index in [2.05, 4.69) is 14.4 Å². The molecule has 2 aromatic carbocycles. The normalized spacial score (nSPS) is 14.8. The Kier molecular flexibility index (Phi) is 4.59. The third-order valence-electron chi connectivity index (χ3n) is 5.60. The molecule has 0 N–H and O–H groups in total. The molecule has 5 rings (SSSR count). The van der Waals surface area contributed by atoms with Gasteiger partial charge in [0, 0.05) is 42.0 Å². The molecule has 0 atom stereocenters. The fourth-order valence-corrected chi connectivity index (χ4v) is 5.38. The molecule has 29 heavy (non-hydrogen) atoms. The van der Waals surface area contributed by atoms with Crippen LogP contribution in [0, 0.1) is 5.82 Å². The fourth-order valence-electron chi connectivity index (χ4n) is 4.17. The summed E-state index contributed by atoms with van der Waals surface area (Å²) < 4.78 is 27.4. The van der Waals surface area contributed by atoms with E-state index in [-0.39, 0.29) is 0 Å². The van der Waals surface area contributed by atoms with E-state index in [4.69, 9.17) is 16.3 Å². The summed E-state index contributed by atoms with van der Waals surface area (Å²) in [6.45, 7) is 1.95. The predicted octanol–water partition coefficient (Wildman–Crippen LogP) is 5.64. The summed E-state index contributed by atoms with van der Waals surface area (Å²) in [6, 6.07) is 5.54. The van der Waals surface area contributed by atoms with Crippen LogP contribution in [0.1, 0.15) is 19.3 Å². The van der Waals surface area contributed by atoms with Gasteiger partial charge in [-0.3, -0.25) is 4.68 Å². The number of fused-ring (bicyclic) bond motifs is 2. The van der Waals surface area contributed by atoms with Crippen LogP contribution in [0.3, 0.4) is 0 Å². The molecule has 150 valence electrons. The Hall–Kier alpha value is -2.38. The van der Waals surface area contributed by atoms with Crippen molar-refractivity contribution in [2.75, 3.05) is 25.1 Å². The van der Waals surface area contributed by atoms with Crippen molar-refractivity contribution in [3.63, 3.8) is 0 Å². The SMILES string of the molecule is COc1cc(-c2c(Cl)cc3c(N4CCCCC4)snc3c2F)c2c(cnn2C)c1. The van der Waals surface area contributed by atoms with Crippen molar-refractivity contribution in [2.24, 2.45) is 7.05 Å². The highest BCUT2D eigenvalue weighted by Gasteiger charge is 2.24. The van der Waals surface area contributed by atoms with Crippen molar-refractivity contribution in [2.45, 2.75) is 19.3 Å². The van der Waals surface area contributed by atoms with Gasteiger partial charge in [-0.15, -0.1) is 0 Å². The summed E-state index contributed by atoms with van der Waals surface area (Å²) in [5, 5.41) is 7.34. The van der Waals surface area contributed by atoms with Crippen molar-refractivity contribution in [1.82, 2.24) is 14.2 Å². The molecule has 3 heterocycles. The van der Waals surface area contributed by atoms with Crippen LogP contribution in [0.2, 0.25) is 5.02 Å². The van der Waals surface area contributed by atoms with Crippen LogP contribution in [0.15, 0.2) is 24.4 Å². The van der Waals surface area contributed by atoms with E-state index in [1.165, 1.54) is 18.0 Å². The molecule has 2 aromatic heterocycles. The van der Waals surface area contributed by atoms with Gasteiger partial charge in [-0.1, -0.05) is 11.6 Å². The number of hydrogen-bond acceptors (Lipinski definition) is 5. The largest absolute Gasteiger partial charge is 0.497 e. The van der Waals surface area contributed by atoms with Gasteiger partial charge in [0.2, 0.25) is 0 Å². The molecule has 1 aliphatic heterocycles. The average Bonchev–Trinajstić information content (AvgIpc) is 3.32. The van der Waals surface area contributed by atoms with Crippen molar-refractivity contribution in [1.29, 1.82) is 0 Å². The first kappa shape index (κ1) is 18.6. The summed E-state index contributed by atoms with van der Waals surface area (Å²) in [5.41, 5.74) is 2.16. The van der Waals surface area contributed by atoms with Gasteiger partial charge in [0.25, 0.3) is 0 Å². The second-order valence-corrected chi connectivity index (χ2v) is 8.52. The molecule has 5 nitrogen and oxygen atoms in total. The van der Waals surface area contributed by atoms with Crippen LogP contribution in [0.25, 0.3) is 32.9 Å². The van der Waals surface area contributed by atoms with Crippen LogP contribution in [-0.4, -0.2) is 34.4 Å². The second-order valence-electron chi connectivity index (χ2n) is 7.36. The molecule has 8 heteroatoms. The van der Waals surface area contributed by atoms with E-state index < -0.39 is 5.82 Å². The first-order valence-corrected chi connectivity index (χ1v) is 10.8. The van der Waals surface area contributed by atoms with Gasteiger partial charge in [-0.05, 0) is 49.0 Å². The van der Waals surface area contributed by atoms with Crippen molar-refractivity contribution in [3.05, 3.63) is 35.2 Å². The maximum absolute atomic E-state index is 15.8. The standard InChI is InChI=1S/C21H20ClFN4OS/c1-26-20-12(11-24-26)8-13(28-2)9-14(20)17-16(22)10-15-19(18(17)23)25-29-21(15)27-6-4-3-5-7-27/h8-11H,3-7H2,1-2H3. The molecule has 0 unspecified atom stereocenters. The number of halogens is 2. The number of nitrogens with zero attached hydrogens (tertiary/aromatic N) is 4. The van der Waals surface area contributed by atoms with Crippen LogP contribution >= 0.6 is 23.1 Å². The lowest BCUT2D eigenvalue weighted by molar-refractivity contribution is 0.415. The molecule has 0 saturated carbocycles. The Morgan fingerprint density at radius 3 is 2.72 bits per heavy atom. The molecular formula is C21H20ClFN4OS. The number of hydrogen-bond donors (Lipinski definition) is 0. The van der Waals surface area contributed by atoms with E-state index >= 15 is 4.39 Å². The highest BCUT2D eigenvalue weighted by Crippen LogP contribution is 2.44. The number of piperidine rings is 1.